The van der Waals surface area contributed by atoms with Crippen molar-refractivity contribution in [1.82, 2.24) is 4.98 Å². The molecule has 4 aromatic rings. The first-order chi connectivity index (χ1) is 16.2. The molecule has 0 bridgehead atoms. The Morgan fingerprint density at radius 1 is 0.879 bits per heavy atom. The summed E-state index contributed by atoms with van der Waals surface area (Å²) in [6, 6.07) is 24.8. The number of anilines is 1. The SMILES string of the molecule is CCCN(CCC)c1ccc(=NC(=O)CCCc2ccccc2)c2c1[nH]c1cccccc12. The number of hydrogen-bond acceptors (Lipinski definition) is 2. The number of carbonyl (C=O) groups excluding carboxylic acids is 1. The zero-order valence-corrected chi connectivity index (χ0v) is 19.7. The van der Waals surface area contributed by atoms with Gasteiger partial charge in [0.25, 0.3) is 0 Å². The van der Waals surface area contributed by atoms with Crippen LogP contribution in [0.15, 0.2) is 77.8 Å². The number of nitrogens with one attached hydrogen (secondary N) is 1. The van der Waals surface area contributed by atoms with Crippen LogP contribution in [0.4, 0.5) is 5.69 Å². The van der Waals surface area contributed by atoms with Crippen LogP contribution in [-0.2, 0) is 11.2 Å². The first-order valence-corrected chi connectivity index (χ1v) is 12.1. The Bertz CT molecular complexity index is 1280. The van der Waals surface area contributed by atoms with Crippen LogP contribution in [0.5, 0.6) is 0 Å². The molecule has 0 saturated heterocycles. The van der Waals surface area contributed by atoms with E-state index in [1.807, 2.05) is 42.5 Å². The van der Waals surface area contributed by atoms with E-state index in [2.05, 4.69) is 59.1 Å². The van der Waals surface area contributed by atoms with Crippen molar-refractivity contribution in [2.45, 2.75) is 46.0 Å². The van der Waals surface area contributed by atoms with E-state index >= 15 is 0 Å². The fraction of sp³-hybridized carbons (Fsp3) is 0.310. The summed E-state index contributed by atoms with van der Waals surface area (Å²) in [6.45, 7) is 6.42. The van der Waals surface area contributed by atoms with Crippen LogP contribution in [0.3, 0.4) is 0 Å². The average Bonchev–Trinajstić information content (AvgIpc) is 3.03. The van der Waals surface area contributed by atoms with Gasteiger partial charge in [-0.1, -0.05) is 68.4 Å². The van der Waals surface area contributed by atoms with E-state index in [-0.39, 0.29) is 5.91 Å². The summed E-state index contributed by atoms with van der Waals surface area (Å²) in [5, 5.41) is 2.89. The number of amides is 1. The Hall–Kier alpha value is -3.40. The predicted molar refractivity (Wildman–Crippen MR) is 139 cm³/mol. The molecule has 3 aromatic carbocycles. The van der Waals surface area contributed by atoms with Gasteiger partial charge in [0.15, 0.2) is 0 Å². The summed E-state index contributed by atoms with van der Waals surface area (Å²) in [4.78, 5) is 23.4. The second-order valence-corrected chi connectivity index (χ2v) is 8.55. The molecule has 1 amide bonds. The van der Waals surface area contributed by atoms with Crippen molar-refractivity contribution >= 4 is 33.4 Å². The fourth-order valence-corrected chi connectivity index (χ4v) is 4.52. The molecule has 0 aliphatic carbocycles. The second-order valence-electron chi connectivity index (χ2n) is 8.55. The van der Waals surface area contributed by atoms with Gasteiger partial charge in [-0.3, -0.25) is 4.79 Å². The molecule has 0 atom stereocenters. The lowest BCUT2D eigenvalue weighted by atomic mass is 10.1. The number of aromatic nitrogens is 1. The first-order valence-electron chi connectivity index (χ1n) is 12.1. The summed E-state index contributed by atoms with van der Waals surface area (Å²) < 4.78 is 0. The molecule has 0 unspecified atom stereocenters. The average molecular weight is 440 g/mol. The van der Waals surface area contributed by atoms with Gasteiger partial charge >= 0.3 is 0 Å². The van der Waals surface area contributed by atoms with Crippen LogP contribution in [-0.4, -0.2) is 24.0 Å². The molecule has 0 aliphatic rings. The van der Waals surface area contributed by atoms with E-state index in [0.717, 1.165) is 65.9 Å². The minimum absolute atomic E-state index is 0.0615. The van der Waals surface area contributed by atoms with E-state index in [1.54, 1.807) is 0 Å². The van der Waals surface area contributed by atoms with Gasteiger partial charge in [-0.15, -0.1) is 0 Å². The third kappa shape index (κ3) is 5.33. The van der Waals surface area contributed by atoms with Crippen LogP contribution in [0.1, 0.15) is 45.1 Å². The van der Waals surface area contributed by atoms with Gasteiger partial charge in [-0.05, 0) is 49.4 Å². The maximum atomic E-state index is 12.8. The quantitative estimate of drug-likeness (QED) is 0.328. The normalized spacial score (nSPS) is 11.9. The molecular weight excluding hydrogens is 406 g/mol. The smallest absolute Gasteiger partial charge is 0.246 e. The van der Waals surface area contributed by atoms with Gasteiger partial charge in [-0.25, -0.2) is 4.99 Å². The van der Waals surface area contributed by atoms with E-state index in [1.165, 1.54) is 11.3 Å². The standard InChI is InChI=1S/C29H33N3O/c1-3-20-32(21-4-2)26-19-18-25(28-23-15-9-6-10-16-24(23)31-29(26)28)30-27(33)17-11-14-22-12-7-5-8-13-22/h5-10,12-13,15-16,18-19,31H,3-4,11,14,17,20-21H2,1-2H3. The lowest BCUT2D eigenvalue weighted by Crippen LogP contribution is -2.25. The summed E-state index contributed by atoms with van der Waals surface area (Å²) in [5.41, 5.74) is 4.57. The van der Waals surface area contributed by atoms with E-state index in [4.69, 9.17) is 0 Å². The molecule has 1 heterocycles. The summed E-state index contributed by atoms with van der Waals surface area (Å²) >= 11 is 0. The number of H-pyrrole nitrogens is 1. The Morgan fingerprint density at radius 3 is 2.30 bits per heavy atom. The predicted octanol–water partition coefficient (Wildman–Crippen LogP) is 6.40. The molecule has 4 rings (SSSR count). The number of benzene rings is 2. The monoisotopic (exact) mass is 439 g/mol. The van der Waals surface area contributed by atoms with Crippen molar-refractivity contribution in [3.63, 3.8) is 0 Å². The maximum absolute atomic E-state index is 12.8. The van der Waals surface area contributed by atoms with Crippen LogP contribution in [0.2, 0.25) is 0 Å². The van der Waals surface area contributed by atoms with Crippen molar-refractivity contribution in [2.24, 2.45) is 4.99 Å². The fourth-order valence-electron chi connectivity index (χ4n) is 4.52. The van der Waals surface area contributed by atoms with Crippen molar-refractivity contribution < 1.29 is 4.79 Å². The number of aryl methyl sites for hydroxylation is 1. The van der Waals surface area contributed by atoms with Gasteiger partial charge in [-0.2, -0.15) is 0 Å². The molecule has 0 spiro atoms. The third-order valence-corrected chi connectivity index (χ3v) is 6.00. The van der Waals surface area contributed by atoms with E-state index < -0.39 is 0 Å². The number of carbonyl (C=O) groups is 1. The molecule has 1 N–H and O–H groups in total. The molecule has 0 radical (unpaired) electrons. The molecular formula is C29H33N3O. The highest BCUT2D eigenvalue weighted by molar-refractivity contribution is 6.11. The van der Waals surface area contributed by atoms with Crippen molar-refractivity contribution in [3.05, 3.63) is 83.7 Å². The number of aromatic amines is 1. The number of hydrogen-bond donors (Lipinski definition) is 1. The molecule has 0 aliphatic heterocycles. The minimum atomic E-state index is -0.0615. The Morgan fingerprint density at radius 2 is 1.58 bits per heavy atom. The highest BCUT2D eigenvalue weighted by Crippen LogP contribution is 2.30. The summed E-state index contributed by atoms with van der Waals surface area (Å²) in [6.07, 6.45) is 4.32. The first kappa shape index (κ1) is 22.8. The topological polar surface area (TPSA) is 48.5 Å². The van der Waals surface area contributed by atoms with Crippen LogP contribution in [0.25, 0.3) is 21.8 Å². The summed E-state index contributed by atoms with van der Waals surface area (Å²) in [5.74, 6) is -0.0615. The van der Waals surface area contributed by atoms with Gasteiger partial charge in [0.2, 0.25) is 5.91 Å². The van der Waals surface area contributed by atoms with Gasteiger partial charge in [0.05, 0.1) is 16.6 Å². The molecule has 1 aromatic heterocycles. The zero-order valence-electron chi connectivity index (χ0n) is 19.7. The van der Waals surface area contributed by atoms with E-state index in [0.29, 0.717) is 6.42 Å². The maximum Gasteiger partial charge on any atom is 0.246 e. The minimum Gasteiger partial charge on any atom is -0.370 e. The van der Waals surface area contributed by atoms with Gasteiger partial charge < -0.3 is 9.88 Å². The van der Waals surface area contributed by atoms with Crippen LogP contribution in [0, 0.1) is 0 Å². The molecule has 4 heteroatoms. The number of fused-ring (bicyclic) bond motifs is 3. The Kier molecular flexibility index (Phi) is 7.56. The van der Waals surface area contributed by atoms with Crippen molar-refractivity contribution in [2.75, 3.05) is 18.0 Å². The number of rotatable bonds is 9. The van der Waals surface area contributed by atoms with Crippen LogP contribution < -0.4 is 10.3 Å². The summed E-state index contributed by atoms with van der Waals surface area (Å²) in [7, 11) is 0. The van der Waals surface area contributed by atoms with E-state index in [9.17, 15) is 4.79 Å². The highest BCUT2D eigenvalue weighted by Gasteiger charge is 2.15. The van der Waals surface area contributed by atoms with Crippen molar-refractivity contribution in [1.29, 1.82) is 0 Å². The zero-order chi connectivity index (χ0) is 23.0. The van der Waals surface area contributed by atoms with Gasteiger partial charge in [0.1, 0.15) is 0 Å². The molecule has 33 heavy (non-hydrogen) atoms. The second kappa shape index (κ2) is 11.0. The largest absolute Gasteiger partial charge is 0.370 e. The number of nitrogens with zero attached hydrogens (tertiary/aromatic N) is 2. The molecule has 0 saturated carbocycles. The molecule has 170 valence electrons. The highest BCUT2D eigenvalue weighted by atomic mass is 16.1. The lowest BCUT2D eigenvalue weighted by molar-refractivity contribution is -0.118. The Labute approximate surface area is 196 Å². The van der Waals surface area contributed by atoms with Crippen molar-refractivity contribution in [3.8, 4) is 0 Å². The third-order valence-electron chi connectivity index (χ3n) is 6.00. The lowest BCUT2D eigenvalue weighted by Gasteiger charge is -2.24. The molecule has 4 nitrogen and oxygen atoms in total. The Balaban J connectivity index is 1.73. The molecule has 0 fully saturated rings. The van der Waals surface area contributed by atoms with Gasteiger partial charge in [0, 0.05) is 35.8 Å². The van der Waals surface area contributed by atoms with Crippen LogP contribution >= 0.6 is 0 Å².